The van der Waals surface area contributed by atoms with E-state index in [1.54, 1.807) is 13.0 Å². The summed E-state index contributed by atoms with van der Waals surface area (Å²) in [6, 6.07) is 5.93. The number of aryl methyl sites for hydroxylation is 1. The van der Waals surface area contributed by atoms with Gasteiger partial charge in [-0.1, -0.05) is 30.7 Å². The van der Waals surface area contributed by atoms with Crippen molar-refractivity contribution in [2.75, 3.05) is 6.54 Å². The molecule has 1 nitrogen and oxygen atoms in total. The molecule has 1 aliphatic carbocycles. The van der Waals surface area contributed by atoms with Crippen LogP contribution in [0.4, 0.5) is 4.39 Å². The largest absolute Gasteiger partial charge is 0.310 e. The lowest BCUT2D eigenvalue weighted by Crippen LogP contribution is -2.23. The first-order valence-corrected chi connectivity index (χ1v) is 6.92. The van der Waals surface area contributed by atoms with Crippen LogP contribution < -0.4 is 5.32 Å². The van der Waals surface area contributed by atoms with Gasteiger partial charge in [0.25, 0.3) is 0 Å². The minimum atomic E-state index is -0.115. The first-order valence-electron chi connectivity index (χ1n) is 6.92. The van der Waals surface area contributed by atoms with Crippen LogP contribution in [0.25, 0.3) is 6.08 Å². The van der Waals surface area contributed by atoms with Gasteiger partial charge in [-0.15, -0.1) is 0 Å². The Labute approximate surface area is 108 Å². The van der Waals surface area contributed by atoms with Crippen LogP contribution in [-0.4, -0.2) is 12.6 Å². The molecule has 2 heteroatoms. The van der Waals surface area contributed by atoms with Crippen molar-refractivity contribution < 1.29 is 4.39 Å². The molecule has 1 saturated carbocycles. The minimum absolute atomic E-state index is 0.115. The van der Waals surface area contributed by atoms with E-state index >= 15 is 0 Å². The van der Waals surface area contributed by atoms with E-state index in [1.807, 2.05) is 12.1 Å². The number of fused-ring (bicyclic) bond motifs is 1. The summed E-state index contributed by atoms with van der Waals surface area (Å²) >= 11 is 0. The molecule has 0 spiro atoms. The first kappa shape index (κ1) is 11.9. The van der Waals surface area contributed by atoms with Crippen LogP contribution in [0, 0.1) is 24.6 Å². The molecule has 0 amide bonds. The molecule has 0 radical (unpaired) electrons. The molecule has 96 valence electrons. The SMILES string of the molecule is Cc1ccc(/C=C/C2NCC3CCCC32)cc1F. The molecular formula is C16H20FN. The predicted octanol–water partition coefficient (Wildman–Crippen LogP) is 3.54. The fraction of sp³-hybridized carbons (Fsp3) is 0.500. The van der Waals surface area contributed by atoms with Crippen molar-refractivity contribution in [2.24, 2.45) is 11.8 Å². The van der Waals surface area contributed by atoms with E-state index in [0.717, 1.165) is 23.9 Å². The molecule has 1 N–H and O–H groups in total. The third-order valence-electron chi connectivity index (χ3n) is 4.49. The summed E-state index contributed by atoms with van der Waals surface area (Å²) < 4.78 is 13.4. The van der Waals surface area contributed by atoms with Crippen molar-refractivity contribution >= 4 is 6.08 Å². The number of rotatable bonds is 2. The molecule has 3 unspecified atom stereocenters. The van der Waals surface area contributed by atoms with Crippen molar-refractivity contribution in [3.8, 4) is 0 Å². The van der Waals surface area contributed by atoms with E-state index in [0.29, 0.717) is 11.6 Å². The molecule has 1 saturated heterocycles. The lowest BCUT2D eigenvalue weighted by atomic mass is 9.93. The van der Waals surface area contributed by atoms with Crippen molar-refractivity contribution in [3.63, 3.8) is 0 Å². The van der Waals surface area contributed by atoms with E-state index in [4.69, 9.17) is 0 Å². The van der Waals surface area contributed by atoms with Crippen LogP contribution in [0.1, 0.15) is 30.4 Å². The van der Waals surface area contributed by atoms with Gasteiger partial charge < -0.3 is 5.32 Å². The van der Waals surface area contributed by atoms with Crippen molar-refractivity contribution in [1.29, 1.82) is 0 Å². The Balaban J connectivity index is 1.72. The van der Waals surface area contributed by atoms with Gasteiger partial charge in [-0.25, -0.2) is 4.39 Å². The minimum Gasteiger partial charge on any atom is -0.310 e. The average molecular weight is 245 g/mol. The quantitative estimate of drug-likeness (QED) is 0.840. The summed E-state index contributed by atoms with van der Waals surface area (Å²) in [7, 11) is 0. The van der Waals surface area contributed by atoms with Crippen LogP contribution in [0.5, 0.6) is 0 Å². The lowest BCUT2D eigenvalue weighted by Gasteiger charge is -2.13. The van der Waals surface area contributed by atoms with Crippen LogP contribution in [0.2, 0.25) is 0 Å². The normalized spacial score (nSPS) is 31.1. The second-order valence-electron chi connectivity index (χ2n) is 5.66. The third kappa shape index (κ3) is 2.22. The second-order valence-corrected chi connectivity index (χ2v) is 5.66. The molecule has 3 atom stereocenters. The summed E-state index contributed by atoms with van der Waals surface area (Å²) in [5.74, 6) is 1.56. The van der Waals surface area contributed by atoms with Crippen LogP contribution in [0.3, 0.4) is 0 Å². The Kier molecular flexibility index (Phi) is 3.21. The number of benzene rings is 1. The molecule has 1 aromatic rings. The van der Waals surface area contributed by atoms with Gasteiger partial charge in [-0.3, -0.25) is 0 Å². The monoisotopic (exact) mass is 245 g/mol. The molecule has 3 rings (SSSR count). The first-order chi connectivity index (χ1) is 8.74. The standard InChI is InChI=1S/C16H20FN/c1-11-5-6-12(9-15(11)17)7-8-16-14-4-2-3-13(14)10-18-16/h5-9,13-14,16,18H,2-4,10H2,1H3/b8-7+. The summed E-state index contributed by atoms with van der Waals surface area (Å²) in [5.41, 5.74) is 1.67. The molecule has 0 aromatic heterocycles. The van der Waals surface area contributed by atoms with Gasteiger partial charge in [-0.05, 0) is 55.3 Å². The van der Waals surface area contributed by atoms with E-state index in [-0.39, 0.29) is 5.82 Å². The molecule has 1 aliphatic heterocycles. The lowest BCUT2D eigenvalue weighted by molar-refractivity contribution is 0.456. The topological polar surface area (TPSA) is 12.0 Å². The Morgan fingerprint density at radius 2 is 2.22 bits per heavy atom. The van der Waals surface area contributed by atoms with Gasteiger partial charge >= 0.3 is 0 Å². The van der Waals surface area contributed by atoms with E-state index in [2.05, 4.69) is 17.5 Å². The van der Waals surface area contributed by atoms with Crippen molar-refractivity contribution in [1.82, 2.24) is 5.32 Å². The van der Waals surface area contributed by atoms with Gasteiger partial charge in [-0.2, -0.15) is 0 Å². The highest BCUT2D eigenvalue weighted by molar-refractivity contribution is 5.51. The van der Waals surface area contributed by atoms with Gasteiger partial charge in [0.2, 0.25) is 0 Å². The highest BCUT2D eigenvalue weighted by Gasteiger charge is 2.37. The Hall–Kier alpha value is -1.15. The smallest absolute Gasteiger partial charge is 0.126 e. The summed E-state index contributed by atoms with van der Waals surface area (Å²) in [5, 5.41) is 3.57. The molecule has 2 aliphatic rings. The third-order valence-corrected chi connectivity index (χ3v) is 4.49. The zero-order chi connectivity index (χ0) is 12.5. The predicted molar refractivity (Wildman–Crippen MR) is 72.8 cm³/mol. The van der Waals surface area contributed by atoms with E-state index < -0.39 is 0 Å². The maximum absolute atomic E-state index is 13.4. The fourth-order valence-electron chi connectivity index (χ4n) is 3.37. The molecule has 18 heavy (non-hydrogen) atoms. The van der Waals surface area contributed by atoms with Crippen LogP contribution >= 0.6 is 0 Å². The van der Waals surface area contributed by atoms with Crippen molar-refractivity contribution in [3.05, 3.63) is 41.2 Å². The Bertz CT molecular complexity index is 466. The van der Waals surface area contributed by atoms with E-state index in [9.17, 15) is 4.39 Å². The molecule has 1 heterocycles. The van der Waals surface area contributed by atoms with Gasteiger partial charge in [0.05, 0.1) is 0 Å². The van der Waals surface area contributed by atoms with Crippen LogP contribution in [-0.2, 0) is 0 Å². The number of nitrogens with one attached hydrogen (secondary N) is 1. The summed E-state index contributed by atoms with van der Waals surface area (Å²) in [6.45, 7) is 2.95. The van der Waals surface area contributed by atoms with Gasteiger partial charge in [0.15, 0.2) is 0 Å². The molecular weight excluding hydrogens is 225 g/mol. The summed E-state index contributed by atoms with van der Waals surface area (Å²) in [4.78, 5) is 0. The Morgan fingerprint density at radius 3 is 3.06 bits per heavy atom. The Morgan fingerprint density at radius 1 is 1.33 bits per heavy atom. The maximum Gasteiger partial charge on any atom is 0.126 e. The number of hydrogen-bond acceptors (Lipinski definition) is 1. The van der Waals surface area contributed by atoms with E-state index in [1.165, 1.54) is 19.3 Å². The van der Waals surface area contributed by atoms with Crippen LogP contribution in [0.15, 0.2) is 24.3 Å². The molecule has 1 aromatic carbocycles. The fourth-order valence-corrected chi connectivity index (χ4v) is 3.37. The molecule has 2 fully saturated rings. The average Bonchev–Trinajstić information content (AvgIpc) is 2.94. The van der Waals surface area contributed by atoms with Crippen molar-refractivity contribution in [2.45, 2.75) is 32.2 Å². The zero-order valence-electron chi connectivity index (χ0n) is 10.8. The second kappa shape index (κ2) is 4.85. The molecule has 0 bridgehead atoms. The zero-order valence-corrected chi connectivity index (χ0v) is 10.8. The summed E-state index contributed by atoms with van der Waals surface area (Å²) in [6.07, 6.45) is 8.37. The highest BCUT2D eigenvalue weighted by atomic mass is 19.1. The van der Waals surface area contributed by atoms with Gasteiger partial charge in [0.1, 0.15) is 5.82 Å². The van der Waals surface area contributed by atoms with Gasteiger partial charge in [0, 0.05) is 6.04 Å². The highest BCUT2D eigenvalue weighted by Crippen LogP contribution is 2.38. The maximum atomic E-state index is 13.4. The number of hydrogen-bond donors (Lipinski definition) is 1. The number of halogens is 1.